The van der Waals surface area contributed by atoms with Crippen molar-refractivity contribution in [1.82, 2.24) is 10.2 Å². The van der Waals surface area contributed by atoms with E-state index >= 15 is 0 Å². The summed E-state index contributed by atoms with van der Waals surface area (Å²) in [5.74, 6) is 0.407. The van der Waals surface area contributed by atoms with Crippen molar-refractivity contribution in [3.05, 3.63) is 65.5 Å². The molecule has 0 bridgehead atoms. The number of nitrogens with zero attached hydrogens (tertiary/aromatic N) is 1. The van der Waals surface area contributed by atoms with Gasteiger partial charge in [0.1, 0.15) is 5.82 Å². The minimum atomic E-state index is -0.267. The second kappa shape index (κ2) is 10.2. The number of likely N-dealkylation sites (tertiary alicyclic amines) is 1. The molecule has 1 aliphatic heterocycles. The fourth-order valence-electron chi connectivity index (χ4n) is 3.69. The number of piperidine rings is 1. The van der Waals surface area contributed by atoms with E-state index < -0.39 is 0 Å². The highest BCUT2D eigenvalue weighted by Gasteiger charge is 2.19. The first-order valence-electron chi connectivity index (χ1n) is 10.1. The van der Waals surface area contributed by atoms with Crippen LogP contribution >= 0.6 is 0 Å². The van der Waals surface area contributed by atoms with Gasteiger partial charge in [-0.25, -0.2) is 9.18 Å². The molecule has 1 saturated heterocycles. The number of carbonyl (C=O) groups excluding carboxylic acids is 2. The average molecular weight is 397 g/mol. The molecule has 0 radical (unpaired) electrons. The average Bonchev–Trinajstić information content (AvgIpc) is 2.71. The van der Waals surface area contributed by atoms with Crippen molar-refractivity contribution in [3.63, 3.8) is 0 Å². The molecule has 154 valence electrons. The number of rotatable bonds is 7. The predicted octanol–water partition coefficient (Wildman–Crippen LogP) is 4.10. The first kappa shape index (κ1) is 21.0. The number of hydrogen-bond acceptors (Lipinski definition) is 3. The Labute approximate surface area is 171 Å². The summed E-state index contributed by atoms with van der Waals surface area (Å²) in [6.45, 7) is 4.90. The van der Waals surface area contributed by atoms with Crippen LogP contribution in [0, 0.1) is 11.7 Å². The van der Waals surface area contributed by atoms with E-state index in [4.69, 9.17) is 0 Å². The van der Waals surface area contributed by atoms with Gasteiger partial charge >= 0.3 is 6.03 Å². The fraction of sp³-hybridized carbons (Fsp3) is 0.391. The largest absolute Gasteiger partial charge is 0.337 e. The number of Topliss-reactive ketones (excluding diaryl/α,β-unsaturated/α-hetero) is 1. The van der Waals surface area contributed by atoms with Gasteiger partial charge in [-0.3, -0.25) is 4.79 Å². The molecule has 0 spiro atoms. The molecule has 0 unspecified atom stereocenters. The standard InChI is InChI=1S/C23H28FN3O2/c1-17(28)20-3-2-4-22(16-20)26-23(29)25-11-14-27-12-9-19(10-13-27)15-18-5-7-21(24)8-6-18/h2-8,16,19H,9-15H2,1H3,(H2,25,26,29). The van der Waals surface area contributed by atoms with Gasteiger partial charge in [-0.2, -0.15) is 0 Å². The van der Waals surface area contributed by atoms with Gasteiger partial charge in [0.2, 0.25) is 0 Å². The highest BCUT2D eigenvalue weighted by molar-refractivity contribution is 5.96. The van der Waals surface area contributed by atoms with E-state index in [0.29, 0.717) is 23.7 Å². The highest BCUT2D eigenvalue weighted by atomic mass is 19.1. The van der Waals surface area contributed by atoms with E-state index in [9.17, 15) is 14.0 Å². The van der Waals surface area contributed by atoms with Gasteiger partial charge in [0.05, 0.1) is 0 Å². The molecule has 6 heteroatoms. The molecule has 2 aromatic carbocycles. The third-order valence-corrected chi connectivity index (χ3v) is 5.39. The number of anilines is 1. The normalized spacial score (nSPS) is 15.1. The van der Waals surface area contributed by atoms with Crippen molar-refractivity contribution in [3.8, 4) is 0 Å². The lowest BCUT2D eigenvalue weighted by atomic mass is 9.90. The molecule has 5 nitrogen and oxygen atoms in total. The summed E-state index contributed by atoms with van der Waals surface area (Å²) in [4.78, 5) is 25.8. The van der Waals surface area contributed by atoms with Crippen LogP contribution in [0.4, 0.5) is 14.9 Å². The molecule has 0 aliphatic carbocycles. The molecule has 0 aromatic heterocycles. The molecule has 1 fully saturated rings. The van der Waals surface area contributed by atoms with Crippen molar-refractivity contribution in [2.75, 3.05) is 31.5 Å². The quantitative estimate of drug-likeness (QED) is 0.692. The second-order valence-corrected chi connectivity index (χ2v) is 7.63. The van der Waals surface area contributed by atoms with Crippen LogP contribution in [0.5, 0.6) is 0 Å². The third kappa shape index (κ3) is 6.68. The van der Waals surface area contributed by atoms with Crippen LogP contribution in [0.15, 0.2) is 48.5 Å². The van der Waals surface area contributed by atoms with Crippen LogP contribution in [-0.2, 0) is 6.42 Å². The summed E-state index contributed by atoms with van der Waals surface area (Å²) in [6, 6.07) is 13.4. The summed E-state index contributed by atoms with van der Waals surface area (Å²) < 4.78 is 13.0. The predicted molar refractivity (Wildman–Crippen MR) is 113 cm³/mol. The lowest BCUT2D eigenvalue weighted by Crippen LogP contribution is -2.40. The summed E-state index contributed by atoms with van der Waals surface area (Å²) in [7, 11) is 0. The molecule has 2 N–H and O–H groups in total. The van der Waals surface area contributed by atoms with Gasteiger partial charge in [0.25, 0.3) is 0 Å². The van der Waals surface area contributed by atoms with E-state index in [-0.39, 0.29) is 17.6 Å². The Morgan fingerprint density at radius 3 is 2.52 bits per heavy atom. The fourth-order valence-corrected chi connectivity index (χ4v) is 3.69. The van der Waals surface area contributed by atoms with Gasteiger partial charge in [-0.05, 0) is 75.0 Å². The Morgan fingerprint density at radius 2 is 1.83 bits per heavy atom. The van der Waals surface area contributed by atoms with Gasteiger partial charge < -0.3 is 15.5 Å². The van der Waals surface area contributed by atoms with E-state index in [1.54, 1.807) is 24.3 Å². The second-order valence-electron chi connectivity index (χ2n) is 7.63. The minimum Gasteiger partial charge on any atom is -0.337 e. The molecule has 2 aromatic rings. The van der Waals surface area contributed by atoms with Crippen molar-refractivity contribution in [2.45, 2.75) is 26.2 Å². The van der Waals surface area contributed by atoms with E-state index in [1.807, 2.05) is 12.1 Å². The molecule has 3 rings (SSSR count). The van der Waals surface area contributed by atoms with Gasteiger partial charge in [-0.15, -0.1) is 0 Å². The molecule has 0 atom stereocenters. The number of amides is 2. The van der Waals surface area contributed by atoms with Crippen LogP contribution in [0.25, 0.3) is 0 Å². The third-order valence-electron chi connectivity index (χ3n) is 5.39. The topological polar surface area (TPSA) is 61.4 Å². The maximum absolute atomic E-state index is 13.0. The maximum atomic E-state index is 13.0. The van der Waals surface area contributed by atoms with Crippen molar-refractivity contribution in [2.24, 2.45) is 5.92 Å². The Hall–Kier alpha value is -2.73. The van der Waals surface area contributed by atoms with Crippen LogP contribution in [-0.4, -0.2) is 42.9 Å². The Bertz CT molecular complexity index is 830. The highest BCUT2D eigenvalue weighted by Crippen LogP contribution is 2.21. The molecule has 1 heterocycles. The van der Waals surface area contributed by atoms with Gasteiger partial charge in [-0.1, -0.05) is 24.3 Å². The summed E-state index contributed by atoms with van der Waals surface area (Å²) in [6.07, 6.45) is 3.22. The van der Waals surface area contributed by atoms with E-state index in [0.717, 1.165) is 38.9 Å². The number of carbonyl (C=O) groups is 2. The zero-order valence-electron chi connectivity index (χ0n) is 16.8. The molecule has 1 aliphatic rings. The van der Waals surface area contributed by atoms with Crippen LogP contribution in [0.3, 0.4) is 0 Å². The van der Waals surface area contributed by atoms with E-state index in [2.05, 4.69) is 15.5 Å². The lowest BCUT2D eigenvalue weighted by molar-refractivity contribution is 0.101. The summed E-state index contributed by atoms with van der Waals surface area (Å²) in [5.41, 5.74) is 2.38. The Morgan fingerprint density at radius 1 is 1.10 bits per heavy atom. The number of urea groups is 1. The smallest absolute Gasteiger partial charge is 0.319 e. The lowest BCUT2D eigenvalue weighted by Gasteiger charge is -2.32. The molecule has 2 amide bonds. The van der Waals surface area contributed by atoms with Gasteiger partial charge in [0, 0.05) is 24.3 Å². The summed E-state index contributed by atoms with van der Waals surface area (Å²) >= 11 is 0. The minimum absolute atomic E-state index is 0.0307. The first-order chi connectivity index (χ1) is 14.0. The zero-order chi connectivity index (χ0) is 20.6. The number of benzene rings is 2. The van der Waals surface area contributed by atoms with Gasteiger partial charge in [0.15, 0.2) is 5.78 Å². The van der Waals surface area contributed by atoms with Crippen molar-refractivity contribution >= 4 is 17.5 Å². The molecule has 0 saturated carbocycles. The number of nitrogens with one attached hydrogen (secondary N) is 2. The van der Waals surface area contributed by atoms with Crippen LogP contribution < -0.4 is 10.6 Å². The van der Waals surface area contributed by atoms with Crippen LogP contribution in [0.2, 0.25) is 0 Å². The maximum Gasteiger partial charge on any atom is 0.319 e. The van der Waals surface area contributed by atoms with E-state index in [1.165, 1.54) is 24.6 Å². The monoisotopic (exact) mass is 397 g/mol. The zero-order valence-corrected chi connectivity index (χ0v) is 16.8. The number of halogens is 1. The molecular formula is C23H28FN3O2. The SMILES string of the molecule is CC(=O)c1cccc(NC(=O)NCCN2CCC(Cc3ccc(F)cc3)CC2)c1. The van der Waals surface area contributed by atoms with Crippen molar-refractivity contribution in [1.29, 1.82) is 0 Å². The molecule has 29 heavy (non-hydrogen) atoms. The molecular weight excluding hydrogens is 369 g/mol. The number of ketones is 1. The number of hydrogen-bond donors (Lipinski definition) is 2. The summed E-state index contributed by atoms with van der Waals surface area (Å²) in [5, 5.41) is 5.64. The first-order valence-corrected chi connectivity index (χ1v) is 10.1. The van der Waals surface area contributed by atoms with Crippen molar-refractivity contribution < 1.29 is 14.0 Å². The van der Waals surface area contributed by atoms with Crippen LogP contribution in [0.1, 0.15) is 35.7 Å². The Balaban J connectivity index is 1.34. The Kier molecular flexibility index (Phi) is 7.36.